The van der Waals surface area contributed by atoms with Crippen molar-refractivity contribution in [2.45, 2.75) is 19.4 Å². The van der Waals surface area contributed by atoms with Crippen LogP contribution < -0.4 is 20.7 Å². The van der Waals surface area contributed by atoms with Crippen molar-refractivity contribution in [1.82, 2.24) is 0 Å². The Balaban J connectivity index is 1.57. The maximum absolute atomic E-state index is 12.4. The number of hydrogen-bond acceptors (Lipinski definition) is 3. The third kappa shape index (κ3) is 5.08. The fourth-order valence-electron chi connectivity index (χ4n) is 3.49. The van der Waals surface area contributed by atoms with Gasteiger partial charge in [-0.3, -0.25) is 9.59 Å². The predicted octanol–water partition coefficient (Wildman–Crippen LogP) is 1.23. The summed E-state index contributed by atoms with van der Waals surface area (Å²) in [7, 11) is 1.61. The summed E-state index contributed by atoms with van der Waals surface area (Å²) in [6.07, 6.45) is 1.91. The minimum absolute atomic E-state index is 0.0247. The number of benzene rings is 2. The van der Waals surface area contributed by atoms with Crippen LogP contribution in [0.3, 0.4) is 0 Å². The lowest BCUT2D eigenvalue weighted by molar-refractivity contribution is -0.921. The second-order valence-electron chi connectivity index (χ2n) is 7.00. The smallest absolute Gasteiger partial charge is 0.255 e. The molecule has 142 valence electrons. The monoisotopic (exact) mass is 368 g/mol. The summed E-state index contributed by atoms with van der Waals surface area (Å²) >= 11 is 0. The second kappa shape index (κ2) is 8.68. The molecule has 0 bridgehead atoms. The Morgan fingerprint density at radius 1 is 1.15 bits per heavy atom. The Morgan fingerprint density at radius 2 is 1.85 bits per heavy atom. The molecule has 6 heteroatoms. The average Bonchev–Trinajstić information content (AvgIpc) is 2.69. The van der Waals surface area contributed by atoms with E-state index in [1.807, 2.05) is 24.3 Å². The van der Waals surface area contributed by atoms with Crippen LogP contribution >= 0.6 is 0 Å². The zero-order chi connectivity index (χ0) is 19.2. The molecular formula is C21H26N3O3+. The van der Waals surface area contributed by atoms with E-state index in [0.29, 0.717) is 5.56 Å². The van der Waals surface area contributed by atoms with Crippen LogP contribution in [-0.4, -0.2) is 32.0 Å². The van der Waals surface area contributed by atoms with E-state index >= 15 is 0 Å². The molecular weight excluding hydrogens is 342 g/mol. The van der Waals surface area contributed by atoms with Crippen LogP contribution in [0.2, 0.25) is 0 Å². The van der Waals surface area contributed by atoms with Crippen molar-refractivity contribution in [1.29, 1.82) is 0 Å². The number of carbonyl (C=O) groups is 2. The van der Waals surface area contributed by atoms with E-state index in [0.717, 1.165) is 49.5 Å². The fraction of sp³-hybridized carbons (Fsp3) is 0.333. The van der Waals surface area contributed by atoms with Gasteiger partial charge in [0.2, 0.25) is 5.91 Å². The first-order valence-corrected chi connectivity index (χ1v) is 9.22. The molecule has 1 saturated heterocycles. The number of piperidine rings is 1. The van der Waals surface area contributed by atoms with E-state index in [-0.39, 0.29) is 17.7 Å². The molecule has 2 aromatic rings. The molecule has 1 aliphatic heterocycles. The summed E-state index contributed by atoms with van der Waals surface area (Å²) in [5.74, 6) is 0.378. The van der Waals surface area contributed by atoms with Gasteiger partial charge < -0.3 is 20.7 Å². The lowest BCUT2D eigenvalue weighted by Gasteiger charge is -2.28. The number of nitrogens with two attached hydrogens (primary N) is 1. The van der Waals surface area contributed by atoms with Gasteiger partial charge in [0.1, 0.15) is 12.3 Å². The van der Waals surface area contributed by atoms with Gasteiger partial charge in [0, 0.05) is 16.8 Å². The molecule has 1 fully saturated rings. The minimum Gasteiger partial charge on any atom is -0.497 e. The average molecular weight is 368 g/mol. The van der Waals surface area contributed by atoms with Gasteiger partial charge >= 0.3 is 0 Å². The van der Waals surface area contributed by atoms with E-state index in [4.69, 9.17) is 10.5 Å². The number of likely N-dealkylation sites (tertiary alicyclic amines) is 1. The molecule has 0 radical (unpaired) electrons. The summed E-state index contributed by atoms with van der Waals surface area (Å²) in [5, 5.41) is 2.88. The van der Waals surface area contributed by atoms with Crippen LogP contribution in [0.25, 0.3) is 0 Å². The molecule has 1 unspecified atom stereocenters. The number of hydrogen-bond donors (Lipinski definition) is 3. The summed E-state index contributed by atoms with van der Waals surface area (Å²) in [4.78, 5) is 25.2. The number of primary amides is 1. The maximum atomic E-state index is 12.4. The van der Waals surface area contributed by atoms with Gasteiger partial charge in [0.25, 0.3) is 5.91 Å². The second-order valence-corrected chi connectivity index (χ2v) is 7.00. The van der Waals surface area contributed by atoms with Crippen molar-refractivity contribution in [3.63, 3.8) is 0 Å². The number of rotatable bonds is 6. The van der Waals surface area contributed by atoms with Crippen LogP contribution in [0.15, 0.2) is 48.5 Å². The van der Waals surface area contributed by atoms with Gasteiger partial charge in [0.05, 0.1) is 26.1 Å². The highest BCUT2D eigenvalue weighted by Gasteiger charge is 2.26. The quantitative estimate of drug-likeness (QED) is 0.717. The molecule has 3 rings (SSSR count). The number of ether oxygens (including phenoxy) is 1. The molecule has 2 amide bonds. The summed E-state index contributed by atoms with van der Waals surface area (Å²) < 4.78 is 5.11. The molecule has 4 N–H and O–H groups in total. The Labute approximate surface area is 159 Å². The molecule has 0 spiro atoms. The maximum Gasteiger partial charge on any atom is 0.255 e. The van der Waals surface area contributed by atoms with Crippen molar-refractivity contribution in [2.24, 2.45) is 11.7 Å². The van der Waals surface area contributed by atoms with Crippen LogP contribution in [0.1, 0.15) is 28.8 Å². The third-order valence-corrected chi connectivity index (χ3v) is 5.04. The van der Waals surface area contributed by atoms with E-state index in [2.05, 4.69) is 5.32 Å². The molecule has 0 aliphatic carbocycles. The molecule has 0 saturated carbocycles. The summed E-state index contributed by atoms with van der Waals surface area (Å²) in [5.41, 5.74) is 7.93. The summed E-state index contributed by atoms with van der Waals surface area (Å²) in [6, 6.07) is 14.8. The van der Waals surface area contributed by atoms with Crippen molar-refractivity contribution in [3.8, 4) is 5.75 Å². The predicted molar refractivity (Wildman–Crippen MR) is 104 cm³/mol. The Hall–Kier alpha value is -2.86. The van der Waals surface area contributed by atoms with E-state index < -0.39 is 0 Å². The molecule has 2 aromatic carbocycles. The highest BCUT2D eigenvalue weighted by atomic mass is 16.5. The highest BCUT2D eigenvalue weighted by molar-refractivity contribution is 6.04. The SMILES string of the molecule is COc1ccc(NC(=O)c2ccc(C[NH+]3CCC[C@@H](C(N)=O)C3)cc2)cc1. The molecule has 0 aromatic heterocycles. The van der Waals surface area contributed by atoms with Gasteiger partial charge in [-0.1, -0.05) is 12.1 Å². The number of anilines is 1. The molecule has 27 heavy (non-hydrogen) atoms. The molecule has 6 nitrogen and oxygen atoms in total. The fourth-order valence-corrected chi connectivity index (χ4v) is 3.49. The number of methoxy groups -OCH3 is 1. The van der Waals surface area contributed by atoms with Crippen LogP contribution in [0, 0.1) is 5.92 Å². The van der Waals surface area contributed by atoms with Gasteiger partial charge in [-0.15, -0.1) is 0 Å². The molecule has 2 atom stereocenters. The highest BCUT2D eigenvalue weighted by Crippen LogP contribution is 2.16. The first-order chi connectivity index (χ1) is 13.0. The zero-order valence-electron chi connectivity index (χ0n) is 15.5. The Bertz CT molecular complexity index is 787. The van der Waals surface area contributed by atoms with Crippen LogP contribution in [0.5, 0.6) is 5.75 Å². The minimum atomic E-state index is -0.197. The topological polar surface area (TPSA) is 85.9 Å². The number of quaternary nitrogens is 1. The lowest BCUT2D eigenvalue weighted by Crippen LogP contribution is -3.12. The van der Waals surface area contributed by atoms with Gasteiger partial charge in [-0.05, 0) is 49.2 Å². The largest absolute Gasteiger partial charge is 0.497 e. The lowest BCUT2D eigenvalue weighted by atomic mass is 9.97. The van der Waals surface area contributed by atoms with E-state index in [1.54, 1.807) is 31.4 Å². The number of nitrogens with one attached hydrogen (secondary N) is 2. The van der Waals surface area contributed by atoms with Crippen molar-refractivity contribution < 1.29 is 19.2 Å². The summed E-state index contributed by atoms with van der Waals surface area (Å²) in [6.45, 7) is 2.67. The molecule has 1 aliphatic rings. The van der Waals surface area contributed by atoms with Gasteiger partial charge in [0.15, 0.2) is 0 Å². The zero-order valence-corrected chi connectivity index (χ0v) is 15.5. The first kappa shape index (κ1) is 18.9. The molecule has 1 heterocycles. The van der Waals surface area contributed by atoms with Crippen LogP contribution in [0.4, 0.5) is 5.69 Å². The normalized spacial score (nSPS) is 19.3. The van der Waals surface area contributed by atoms with E-state index in [1.165, 1.54) is 4.90 Å². The van der Waals surface area contributed by atoms with Crippen molar-refractivity contribution in [2.75, 3.05) is 25.5 Å². The third-order valence-electron chi connectivity index (χ3n) is 5.04. The van der Waals surface area contributed by atoms with Crippen LogP contribution in [-0.2, 0) is 11.3 Å². The Morgan fingerprint density at radius 3 is 2.48 bits per heavy atom. The van der Waals surface area contributed by atoms with Gasteiger partial charge in [-0.2, -0.15) is 0 Å². The van der Waals surface area contributed by atoms with Crippen molar-refractivity contribution in [3.05, 3.63) is 59.7 Å². The number of amides is 2. The van der Waals surface area contributed by atoms with Gasteiger partial charge in [-0.25, -0.2) is 0 Å². The standard InChI is InChI=1S/C21H25N3O3/c1-27-19-10-8-18(9-11-19)23-21(26)16-6-4-15(5-7-16)13-24-12-2-3-17(14-24)20(22)25/h4-11,17H,2-3,12-14H2,1H3,(H2,22,25)(H,23,26)/p+1/t17-/m1/s1. The number of carbonyl (C=O) groups excluding carboxylic acids is 2. The van der Waals surface area contributed by atoms with E-state index in [9.17, 15) is 9.59 Å². The Kier molecular flexibility index (Phi) is 6.08. The first-order valence-electron chi connectivity index (χ1n) is 9.22. The van der Waals surface area contributed by atoms with Crippen molar-refractivity contribution >= 4 is 17.5 Å².